The number of hydrogen-bond acceptors (Lipinski definition) is 3. The van der Waals surface area contributed by atoms with E-state index in [9.17, 15) is 9.90 Å². The van der Waals surface area contributed by atoms with Crippen LogP contribution in [0.2, 0.25) is 0 Å². The molecule has 0 aromatic rings. The van der Waals surface area contributed by atoms with E-state index in [0.717, 1.165) is 30.4 Å². The number of hydrogen-bond donors (Lipinski definition) is 3. The minimum atomic E-state index is -0.693. The van der Waals surface area contributed by atoms with Crippen molar-refractivity contribution in [2.24, 2.45) is 11.8 Å². The van der Waals surface area contributed by atoms with Crippen LogP contribution in [-0.2, 0) is 0 Å². The van der Waals surface area contributed by atoms with E-state index in [1.807, 2.05) is 0 Å². The predicted octanol–water partition coefficient (Wildman–Crippen LogP) is 2.37. The molecule has 1 aliphatic carbocycles. The van der Waals surface area contributed by atoms with Gasteiger partial charge in [0.1, 0.15) is 0 Å². The Hall–Kier alpha value is -0.420. The fourth-order valence-corrected chi connectivity index (χ4v) is 4.42. The van der Waals surface area contributed by atoms with Gasteiger partial charge in [0.15, 0.2) is 0 Å². The van der Waals surface area contributed by atoms with Gasteiger partial charge in [-0.1, -0.05) is 26.2 Å². The van der Waals surface area contributed by atoms with Crippen LogP contribution < -0.4 is 10.6 Å². The first-order valence-electron chi connectivity index (χ1n) is 7.93. The maximum atomic E-state index is 11.8. The van der Waals surface area contributed by atoms with Crippen LogP contribution in [0.25, 0.3) is 0 Å². The Morgan fingerprint density at radius 3 is 2.55 bits per heavy atom. The highest BCUT2D eigenvalue weighted by Gasteiger charge is 2.32. The number of aliphatic hydroxyl groups is 1. The molecule has 0 aromatic carbocycles. The lowest BCUT2D eigenvalue weighted by atomic mass is 9.81. The molecule has 116 valence electrons. The van der Waals surface area contributed by atoms with E-state index in [1.165, 1.54) is 32.1 Å². The second-order valence-corrected chi connectivity index (χ2v) is 7.49. The molecule has 1 saturated carbocycles. The minimum Gasteiger partial charge on any atom is -0.387 e. The van der Waals surface area contributed by atoms with Crippen LogP contribution >= 0.6 is 11.8 Å². The van der Waals surface area contributed by atoms with Gasteiger partial charge in [0.2, 0.25) is 0 Å². The number of nitrogens with one attached hydrogen (secondary N) is 2. The van der Waals surface area contributed by atoms with Gasteiger partial charge in [-0.05, 0) is 36.9 Å². The standard InChI is InChI=1S/C15H28N2O2S/c1-2-12-3-5-13(6-4-12)9-16-14(18)17-10-15(19)7-8-20-11-15/h12-13,19H,2-11H2,1H3,(H2,16,17,18). The molecule has 1 saturated heterocycles. The Morgan fingerprint density at radius 2 is 1.95 bits per heavy atom. The highest BCUT2D eigenvalue weighted by atomic mass is 32.2. The zero-order valence-electron chi connectivity index (χ0n) is 12.5. The van der Waals surface area contributed by atoms with Crippen LogP contribution in [0.15, 0.2) is 0 Å². The topological polar surface area (TPSA) is 61.4 Å². The van der Waals surface area contributed by atoms with Crippen LogP contribution in [0.1, 0.15) is 45.4 Å². The first kappa shape index (κ1) is 16.0. The second-order valence-electron chi connectivity index (χ2n) is 6.39. The zero-order chi connectivity index (χ0) is 14.4. The summed E-state index contributed by atoms with van der Waals surface area (Å²) in [7, 11) is 0. The Bertz CT molecular complexity index is 311. The molecule has 0 spiro atoms. The Morgan fingerprint density at radius 1 is 1.25 bits per heavy atom. The summed E-state index contributed by atoms with van der Waals surface area (Å²) in [5.41, 5.74) is -0.693. The van der Waals surface area contributed by atoms with E-state index in [0.29, 0.717) is 12.5 Å². The monoisotopic (exact) mass is 300 g/mol. The van der Waals surface area contributed by atoms with Crippen molar-refractivity contribution in [2.75, 3.05) is 24.6 Å². The molecule has 0 bridgehead atoms. The molecular formula is C15H28N2O2S. The van der Waals surface area contributed by atoms with Crippen LogP contribution in [0.3, 0.4) is 0 Å². The number of carbonyl (C=O) groups excluding carboxylic acids is 1. The van der Waals surface area contributed by atoms with Crippen molar-refractivity contribution in [1.29, 1.82) is 0 Å². The molecule has 0 radical (unpaired) electrons. The average Bonchev–Trinajstić information content (AvgIpc) is 2.91. The maximum absolute atomic E-state index is 11.8. The maximum Gasteiger partial charge on any atom is 0.314 e. The third kappa shape index (κ3) is 4.85. The van der Waals surface area contributed by atoms with Gasteiger partial charge < -0.3 is 15.7 Å². The van der Waals surface area contributed by atoms with Crippen molar-refractivity contribution in [3.05, 3.63) is 0 Å². The molecule has 1 unspecified atom stereocenters. The van der Waals surface area contributed by atoms with E-state index in [1.54, 1.807) is 11.8 Å². The van der Waals surface area contributed by atoms with E-state index in [-0.39, 0.29) is 6.03 Å². The van der Waals surface area contributed by atoms with Crippen molar-refractivity contribution in [3.63, 3.8) is 0 Å². The molecule has 2 fully saturated rings. The third-order valence-electron chi connectivity index (χ3n) is 4.76. The lowest BCUT2D eigenvalue weighted by molar-refractivity contribution is 0.0699. The number of amides is 2. The highest BCUT2D eigenvalue weighted by molar-refractivity contribution is 7.99. The van der Waals surface area contributed by atoms with Gasteiger partial charge in [0.05, 0.1) is 5.60 Å². The molecule has 20 heavy (non-hydrogen) atoms. The molecule has 2 aliphatic rings. The number of urea groups is 1. The van der Waals surface area contributed by atoms with Gasteiger partial charge in [-0.3, -0.25) is 0 Å². The predicted molar refractivity (Wildman–Crippen MR) is 84.0 cm³/mol. The number of thioether (sulfide) groups is 1. The van der Waals surface area contributed by atoms with Crippen molar-refractivity contribution < 1.29 is 9.90 Å². The molecule has 2 amide bonds. The SMILES string of the molecule is CCC1CCC(CNC(=O)NCC2(O)CCSC2)CC1. The first-order chi connectivity index (χ1) is 9.61. The second kappa shape index (κ2) is 7.55. The smallest absolute Gasteiger partial charge is 0.314 e. The molecule has 5 heteroatoms. The zero-order valence-corrected chi connectivity index (χ0v) is 13.3. The highest BCUT2D eigenvalue weighted by Crippen LogP contribution is 2.30. The Labute approximate surface area is 126 Å². The number of rotatable bonds is 5. The van der Waals surface area contributed by atoms with E-state index in [4.69, 9.17) is 0 Å². The molecule has 1 aliphatic heterocycles. The number of carbonyl (C=O) groups is 1. The van der Waals surface area contributed by atoms with Crippen LogP contribution in [0.5, 0.6) is 0 Å². The quantitative estimate of drug-likeness (QED) is 0.730. The van der Waals surface area contributed by atoms with Gasteiger partial charge in [0.25, 0.3) is 0 Å². The molecule has 4 nitrogen and oxygen atoms in total. The molecule has 2 rings (SSSR count). The summed E-state index contributed by atoms with van der Waals surface area (Å²) >= 11 is 1.75. The molecule has 3 N–H and O–H groups in total. The Kier molecular flexibility index (Phi) is 6.02. The average molecular weight is 300 g/mol. The van der Waals surface area contributed by atoms with Crippen LogP contribution in [0, 0.1) is 11.8 Å². The minimum absolute atomic E-state index is 0.132. The summed E-state index contributed by atoms with van der Waals surface area (Å²) in [6.45, 7) is 3.41. The molecule has 1 heterocycles. The molecule has 1 atom stereocenters. The van der Waals surface area contributed by atoms with Crippen molar-refractivity contribution in [1.82, 2.24) is 10.6 Å². The van der Waals surface area contributed by atoms with Gasteiger partial charge in [0, 0.05) is 18.8 Å². The summed E-state index contributed by atoms with van der Waals surface area (Å²) in [5, 5.41) is 15.9. The summed E-state index contributed by atoms with van der Waals surface area (Å²) in [4.78, 5) is 11.8. The first-order valence-corrected chi connectivity index (χ1v) is 9.08. The Balaban J connectivity index is 1.58. The fraction of sp³-hybridized carbons (Fsp3) is 0.933. The molecular weight excluding hydrogens is 272 g/mol. The lowest BCUT2D eigenvalue weighted by Gasteiger charge is -2.28. The van der Waals surface area contributed by atoms with Crippen LogP contribution in [-0.4, -0.2) is 41.3 Å². The largest absolute Gasteiger partial charge is 0.387 e. The summed E-state index contributed by atoms with van der Waals surface area (Å²) in [6.07, 6.45) is 7.15. The van der Waals surface area contributed by atoms with Gasteiger partial charge >= 0.3 is 6.03 Å². The summed E-state index contributed by atoms with van der Waals surface area (Å²) in [6, 6.07) is -0.132. The normalized spacial score (nSPS) is 33.9. The van der Waals surface area contributed by atoms with Crippen LogP contribution in [0.4, 0.5) is 4.79 Å². The van der Waals surface area contributed by atoms with Crippen molar-refractivity contribution >= 4 is 17.8 Å². The van der Waals surface area contributed by atoms with Crippen molar-refractivity contribution in [2.45, 2.75) is 51.0 Å². The molecule has 0 aromatic heterocycles. The lowest BCUT2D eigenvalue weighted by Crippen LogP contribution is -2.47. The van der Waals surface area contributed by atoms with Crippen molar-refractivity contribution in [3.8, 4) is 0 Å². The van der Waals surface area contributed by atoms with Gasteiger partial charge in [-0.2, -0.15) is 11.8 Å². The van der Waals surface area contributed by atoms with E-state index < -0.39 is 5.60 Å². The third-order valence-corrected chi connectivity index (χ3v) is 5.99. The van der Waals surface area contributed by atoms with E-state index >= 15 is 0 Å². The van der Waals surface area contributed by atoms with Gasteiger partial charge in [-0.15, -0.1) is 0 Å². The van der Waals surface area contributed by atoms with Gasteiger partial charge in [-0.25, -0.2) is 4.79 Å². The van der Waals surface area contributed by atoms with E-state index in [2.05, 4.69) is 17.6 Å². The summed E-state index contributed by atoms with van der Waals surface area (Å²) in [5.74, 6) is 3.25. The fourth-order valence-electron chi connectivity index (χ4n) is 3.12. The summed E-state index contributed by atoms with van der Waals surface area (Å²) < 4.78 is 0.